The highest BCUT2D eigenvalue weighted by Crippen LogP contribution is 2.15. The highest BCUT2D eigenvalue weighted by molar-refractivity contribution is 5.78. The molecule has 168 valence electrons. The Morgan fingerprint density at radius 3 is 2.61 bits per heavy atom. The zero-order chi connectivity index (χ0) is 21.9. The second kappa shape index (κ2) is 12.2. The van der Waals surface area contributed by atoms with Crippen LogP contribution in [0.25, 0.3) is 0 Å². The van der Waals surface area contributed by atoms with Gasteiger partial charge in [-0.25, -0.2) is 0 Å². The number of benzene rings is 1. The maximum absolute atomic E-state index is 12.7. The van der Waals surface area contributed by atoms with Gasteiger partial charge in [-0.2, -0.15) is 0 Å². The number of unbranched alkanes of at least 4 members (excludes halogenated alkanes) is 1. The second-order valence-corrected chi connectivity index (χ2v) is 7.61. The number of nitrogens with zero attached hydrogens (tertiary/aromatic N) is 3. The molecule has 0 aliphatic carbocycles. The minimum Gasteiger partial charge on any atom is -0.466 e. The van der Waals surface area contributed by atoms with Gasteiger partial charge in [-0.05, 0) is 31.7 Å². The maximum Gasteiger partial charge on any atom is 0.307 e. The Hall–Kier alpha value is -2.74. The van der Waals surface area contributed by atoms with E-state index in [1.807, 2.05) is 6.07 Å². The van der Waals surface area contributed by atoms with Gasteiger partial charge in [0, 0.05) is 25.8 Å². The van der Waals surface area contributed by atoms with Gasteiger partial charge in [0.05, 0.1) is 32.3 Å². The molecule has 31 heavy (non-hydrogen) atoms. The van der Waals surface area contributed by atoms with Crippen molar-refractivity contribution in [2.45, 2.75) is 57.9 Å². The molecule has 1 fully saturated rings. The van der Waals surface area contributed by atoms with Gasteiger partial charge in [-0.1, -0.05) is 30.3 Å². The largest absolute Gasteiger partial charge is 0.466 e. The Balaban J connectivity index is 1.40. The smallest absolute Gasteiger partial charge is 0.307 e. The van der Waals surface area contributed by atoms with Crippen LogP contribution < -0.4 is 0 Å². The summed E-state index contributed by atoms with van der Waals surface area (Å²) in [5.41, 5.74) is 1.33. The molecule has 1 amide bonds. The Bertz CT molecular complexity index is 824. The summed E-state index contributed by atoms with van der Waals surface area (Å²) >= 11 is 0. The lowest BCUT2D eigenvalue weighted by Crippen LogP contribution is -2.49. The summed E-state index contributed by atoms with van der Waals surface area (Å²) in [6, 6.07) is 10.1. The summed E-state index contributed by atoms with van der Waals surface area (Å²) in [6.07, 6.45) is 4.58. The van der Waals surface area contributed by atoms with Gasteiger partial charge >= 0.3 is 5.97 Å². The van der Waals surface area contributed by atoms with E-state index < -0.39 is 0 Å². The minimum atomic E-state index is -0.315. The average Bonchev–Trinajstić information content (AvgIpc) is 3.24. The van der Waals surface area contributed by atoms with Crippen molar-refractivity contribution >= 4 is 11.9 Å². The predicted molar refractivity (Wildman–Crippen MR) is 113 cm³/mol. The van der Waals surface area contributed by atoms with Crippen LogP contribution in [-0.4, -0.2) is 59.4 Å². The van der Waals surface area contributed by atoms with Gasteiger partial charge in [-0.3, -0.25) is 9.59 Å². The molecule has 0 N–H and O–H groups in total. The van der Waals surface area contributed by atoms with E-state index in [-0.39, 0.29) is 30.8 Å². The third-order valence-electron chi connectivity index (χ3n) is 5.27. The van der Waals surface area contributed by atoms with Crippen LogP contribution in [-0.2, 0) is 38.3 Å². The van der Waals surface area contributed by atoms with Crippen LogP contribution in [0.2, 0.25) is 0 Å². The number of carbonyl (C=O) groups is 2. The summed E-state index contributed by atoms with van der Waals surface area (Å²) < 4.78 is 16.1. The van der Waals surface area contributed by atoms with E-state index in [1.54, 1.807) is 11.8 Å². The van der Waals surface area contributed by atoms with E-state index in [2.05, 4.69) is 34.5 Å². The number of amides is 1. The number of morpholine rings is 1. The quantitative estimate of drug-likeness (QED) is 0.400. The van der Waals surface area contributed by atoms with E-state index in [0.29, 0.717) is 44.6 Å². The van der Waals surface area contributed by atoms with Crippen LogP contribution in [0.3, 0.4) is 0 Å². The molecule has 1 atom stereocenters. The van der Waals surface area contributed by atoms with Crippen LogP contribution in [0, 0.1) is 0 Å². The fourth-order valence-electron chi connectivity index (χ4n) is 3.66. The van der Waals surface area contributed by atoms with Gasteiger partial charge < -0.3 is 18.8 Å². The number of hydrogen-bond acceptors (Lipinski definition) is 7. The van der Waals surface area contributed by atoms with Crippen molar-refractivity contribution in [3.05, 3.63) is 47.7 Å². The summed E-state index contributed by atoms with van der Waals surface area (Å²) in [5, 5.41) is 8.18. The van der Waals surface area contributed by atoms with Crippen molar-refractivity contribution < 1.29 is 23.5 Å². The summed E-state index contributed by atoms with van der Waals surface area (Å²) in [5.74, 6) is 0.730. The first kappa shape index (κ1) is 22.9. The lowest BCUT2D eigenvalue weighted by atomic mass is 10.1. The molecule has 2 aromatic rings. The van der Waals surface area contributed by atoms with Crippen LogP contribution in [0.5, 0.6) is 0 Å². The normalized spacial score (nSPS) is 16.3. The molecule has 0 radical (unpaired) electrons. The standard InChI is InChI=1S/C23H31N3O5/c1-2-30-23(28)16-19-17-29-15-14-26(19)22(27)13-12-21-25-24-20(31-21)11-7-6-10-18-8-4-3-5-9-18/h3-5,8-9,19H,2,6-7,10-17H2,1H3. The van der Waals surface area contributed by atoms with Crippen molar-refractivity contribution in [1.29, 1.82) is 0 Å². The lowest BCUT2D eigenvalue weighted by Gasteiger charge is -2.35. The molecular formula is C23H31N3O5. The molecule has 3 rings (SSSR count). The van der Waals surface area contributed by atoms with Gasteiger partial charge in [-0.15, -0.1) is 10.2 Å². The molecule has 1 aromatic heterocycles. The first-order valence-corrected chi connectivity index (χ1v) is 11.0. The van der Waals surface area contributed by atoms with E-state index in [0.717, 1.165) is 25.7 Å². The topological polar surface area (TPSA) is 94.8 Å². The number of aromatic nitrogens is 2. The van der Waals surface area contributed by atoms with E-state index in [1.165, 1.54) is 5.56 Å². The van der Waals surface area contributed by atoms with Gasteiger partial charge in [0.2, 0.25) is 17.7 Å². The summed E-state index contributed by atoms with van der Waals surface area (Å²) in [4.78, 5) is 26.2. The molecular weight excluding hydrogens is 398 g/mol. The first-order valence-electron chi connectivity index (χ1n) is 11.0. The number of aryl methyl sites for hydroxylation is 3. The Kier molecular flexibility index (Phi) is 9.02. The highest BCUT2D eigenvalue weighted by atomic mass is 16.5. The van der Waals surface area contributed by atoms with Crippen molar-refractivity contribution in [3.8, 4) is 0 Å². The lowest BCUT2D eigenvalue weighted by molar-refractivity contribution is -0.150. The predicted octanol–water partition coefficient (Wildman–Crippen LogP) is 2.75. The third kappa shape index (κ3) is 7.47. The summed E-state index contributed by atoms with van der Waals surface area (Å²) in [6.45, 7) is 3.38. The van der Waals surface area contributed by atoms with Gasteiger partial charge in [0.25, 0.3) is 0 Å². The van der Waals surface area contributed by atoms with Gasteiger partial charge in [0.15, 0.2) is 0 Å². The first-order chi connectivity index (χ1) is 15.2. The molecule has 2 heterocycles. The minimum absolute atomic E-state index is 0.0415. The second-order valence-electron chi connectivity index (χ2n) is 7.61. The number of carbonyl (C=O) groups excluding carboxylic acids is 2. The van der Waals surface area contributed by atoms with Crippen molar-refractivity contribution in [2.24, 2.45) is 0 Å². The Morgan fingerprint density at radius 2 is 1.84 bits per heavy atom. The highest BCUT2D eigenvalue weighted by Gasteiger charge is 2.29. The molecule has 1 aromatic carbocycles. The van der Waals surface area contributed by atoms with Gasteiger partial charge in [0.1, 0.15) is 0 Å². The number of rotatable bonds is 11. The molecule has 8 heteroatoms. The fraction of sp³-hybridized carbons (Fsp3) is 0.565. The summed E-state index contributed by atoms with van der Waals surface area (Å²) in [7, 11) is 0. The van der Waals surface area contributed by atoms with E-state index in [9.17, 15) is 9.59 Å². The third-order valence-corrected chi connectivity index (χ3v) is 5.27. The number of ether oxygens (including phenoxy) is 2. The molecule has 0 bridgehead atoms. The average molecular weight is 430 g/mol. The number of hydrogen-bond donors (Lipinski definition) is 0. The molecule has 8 nitrogen and oxygen atoms in total. The molecule has 1 saturated heterocycles. The van der Waals surface area contributed by atoms with Crippen molar-refractivity contribution in [3.63, 3.8) is 0 Å². The monoisotopic (exact) mass is 429 g/mol. The molecule has 1 aliphatic heterocycles. The SMILES string of the molecule is CCOC(=O)CC1COCCN1C(=O)CCc1nnc(CCCCc2ccccc2)o1. The Labute approximate surface area is 182 Å². The molecule has 0 spiro atoms. The zero-order valence-electron chi connectivity index (χ0n) is 18.1. The van der Waals surface area contributed by atoms with Crippen LogP contribution >= 0.6 is 0 Å². The Morgan fingerprint density at radius 1 is 1.10 bits per heavy atom. The molecule has 0 saturated carbocycles. The van der Waals surface area contributed by atoms with Crippen molar-refractivity contribution in [2.75, 3.05) is 26.4 Å². The molecule has 1 unspecified atom stereocenters. The van der Waals surface area contributed by atoms with E-state index in [4.69, 9.17) is 13.9 Å². The van der Waals surface area contributed by atoms with E-state index >= 15 is 0 Å². The maximum atomic E-state index is 12.7. The van der Waals surface area contributed by atoms with Crippen LogP contribution in [0.4, 0.5) is 0 Å². The van der Waals surface area contributed by atoms with Crippen molar-refractivity contribution in [1.82, 2.24) is 15.1 Å². The number of esters is 1. The fourth-order valence-corrected chi connectivity index (χ4v) is 3.66. The van der Waals surface area contributed by atoms with Crippen LogP contribution in [0.15, 0.2) is 34.7 Å². The van der Waals surface area contributed by atoms with Crippen LogP contribution in [0.1, 0.15) is 50.0 Å². The molecule has 1 aliphatic rings. The zero-order valence-corrected chi connectivity index (χ0v) is 18.1.